The Morgan fingerprint density at radius 2 is 2.32 bits per heavy atom. The predicted octanol–water partition coefficient (Wildman–Crippen LogP) is 2.83. The number of carboxylic acids is 1. The molecule has 0 aromatic heterocycles. The van der Waals surface area contributed by atoms with Crippen LogP contribution in [0.1, 0.15) is 6.42 Å². The van der Waals surface area contributed by atoms with Gasteiger partial charge in [0.1, 0.15) is 17.5 Å². The van der Waals surface area contributed by atoms with E-state index in [1.165, 1.54) is 6.08 Å². The summed E-state index contributed by atoms with van der Waals surface area (Å²) in [4.78, 5) is 21.0. The Hall–Kier alpha value is -2.15. The van der Waals surface area contributed by atoms with E-state index in [-0.39, 0.29) is 12.1 Å². The predicted molar refractivity (Wildman–Crippen MR) is 67.9 cm³/mol. The molecule has 6 nitrogen and oxygen atoms in total. The lowest BCUT2D eigenvalue weighted by molar-refractivity contribution is -0.384. The van der Waals surface area contributed by atoms with Crippen molar-refractivity contribution < 1.29 is 19.2 Å². The number of benzene rings is 1. The van der Waals surface area contributed by atoms with Gasteiger partial charge in [-0.15, -0.1) is 6.58 Å². The Balaban J connectivity index is 3.17. The number of nitro benzene ring substituents is 1. The molecule has 1 rings (SSSR count). The Morgan fingerprint density at radius 3 is 2.79 bits per heavy atom. The standard InChI is InChI=1S/C11H10ClFN2O4/c1-2-3-8(11(16)17)14-9-5-7(13)6(12)4-10(9)15(18)19/h2,4-5,8,14H,1,3H2,(H,16,17). The third-order valence-corrected chi connectivity index (χ3v) is 2.56. The number of hydrogen-bond donors (Lipinski definition) is 2. The van der Waals surface area contributed by atoms with Gasteiger partial charge < -0.3 is 10.4 Å². The van der Waals surface area contributed by atoms with Gasteiger partial charge in [-0.05, 0) is 6.42 Å². The van der Waals surface area contributed by atoms with Crippen LogP contribution in [0.3, 0.4) is 0 Å². The van der Waals surface area contributed by atoms with Crippen molar-refractivity contribution in [3.63, 3.8) is 0 Å². The fourth-order valence-corrected chi connectivity index (χ4v) is 1.54. The molecule has 1 aromatic rings. The number of halogens is 2. The van der Waals surface area contributed by atoms with Crippen molar-refractivity contribution in [1.82, 2.24) is 0 Å². The van der Waals surface area contributed by atoms with E-state index in [1.807, 2.05) is 0 Å². The molecule has 0 saturated heterocycles. The summed E-state index contributed by atoms with van der Waals surface area (Å²) >= 11 is 5.45. The zero-order valence-electron chi connectivity index (χ0n) is 9.60. The van der Waals surface area contributed by atoms with Crippen LogP contribution in [0.25, 0.3) is 0 Å². The number of rotatable bonds is 6. The number of anilines is 1. The molecule has 1 aromatic carbocycles. The van der Waals surface area contributed by atoms with Crippen LogP contribution in [0.4, 0.5) is 15.8 Å². The third-order valence-electron chi connectivity index (χ3n) is 2.27. The number of hydrogen-bond acceptors (Lipinski definition) is 4. The van der Waals surface area contributed by atoms with Gasteiger partial charge in [0.2, 0.25) is 0 Å². The number of aliphatic carboxylic acids is 1. The fraction of sp³-hybridized carbons (Fsp3) is 0.182. The van der Waals surface area contributed by atoms with Crippen molar-refractivity contribution in [2.75, 3.05) is 5.32 Å². The molecule has 0 fully saturated rings. The Morgan fingerprint density at radius 1 is 1.68 bits per heavy atom. The number of carbonyl (C=O) groups is 1. The van der Waals surface area contributed by atoms with E-state index in [9.17, 15) is 19.3 Å². The molecule has 0 heterocycles. The van der Waals surface area contributed by atoms with Gasteiger partial charge >= 0.3 is 5.97 Å². The maximum Gasteiger partial charge on any atom is 0.326 e. The van der Waals surface area contributed by atoms with Gasteiger partial charge in [-0.2, -0.15) is 0 Å². The molecule has 0 aliphatic rings. The highest BCUT2D eigenvalue weighted by Crippen LogP contribution is 2.31. The summed E-state index contributed by atoms with van der Waals surface area (Å²) in [5.74, 6) is -2.11. The SMILES string of the molecule is C=CCC(Nc1cc(F)c(Cl)cc1[N+](=O)[O-])C(=O)O. The Bertz CT molecular complexity index is 536. The van der Waals surface area contributed by atoms with Gasteiger partial charge in [0, 0.05) is 12.1 Å². The van der Waals surface area contributed by atoms with Gasteiger partial charge in [0.15, 0.2) is 0 Å². The van der Waals surface area contributed by atoms with Crippen molar-refractivity contribution in [3.8, 4) is 0 Å². The van der Waals surface area contributed by atoms with Crippen LogP contribution in [0.5, 0.6) is 0 Å². The molecule has 1 atom stereocenters. The molecule has 2 N–H and O–H groups in total. The lowest BCUT2D eigenvalue weighted by atomic mass is 10.1. The average molecular weight is 289 g/mol. The third kappa shape index (κ3) is 3.65. The smallest absolute Gasteiger partial charge is 0.326 e. The van der Waals surface area contributed by atoms with Crippen LogP contribution in [-0.2, 0) is 4.79 Å². The van der Waals surface area contributed by atoms with E-state index in [0.717, 1.165) is 12.1 Å². The molecule has 102 valence electrons. The average Bonchev–Trinajstić information content (AvgIpc) is 2.32. The fourth-order valence-electron chi connectivity index (χ4n) is 1.38. The van der Waals surface area contributed by atoms with E-state index in [2.05, 4.69) is 11.9 Å². The van der Waals surface area contributed by atoms with Crippen molar-refractivity contribution in [3.05, 3.63) is 45.7 Å². The minimum atomic E-state index is -1.23. The first kappa shape index (κ1) is 14.9. The number of carboxylic acid groups (broad SMARTS) is 1. The Kier molecular flexibility index (Phi) is 4.82. The van der Waals surface area contributed by atoms with Gasteiger partial charge in [-0.1, -0.05) is 17.7 Å². The van der Waals surface area contributed by atoms with Crippen LogP contribution < -0.4 is 5.32 Å². The van der Waals surface area contributed by atoms with Crippen LogP contribution in [-0.4, -0.2) is 22.0 Å². The number of nitrogens with one attached hydrogen (secondary N) is 1. The molecule has 0 aliphatic heterocycles. The van der Waals surface area contributed by atoms with Crippen molar-refractivity contribution in [1.29, 1.82) is 0 Å². The zero-order valence-corrected chi connectivity index (χ0v) is 10.4. The monoisotopic (exact) mass is 288 g/mol. The van der Waals surface area contributed by atoms with E-state index >= 15 is 0 Å². The minimum absolute atomic E-state index is 0.0245. The van der Waals surface area contributed by atoms with Crippen LogP contribution >= 0.6 is 11.6 Å². The van der Waals surface area contributed by atoms with Crippen molar-refractivity contribution in [2.24, 2.45) is 0 Å². The molecule has 8 heteroatoms. The molecule has 0 saturated carbocycles. The molecular formula is C11H10ClFN2O4. The minimum Gasteiger partial charge on any atom is -0.480 e. The van der Waals surface area contributed by atoms with Gasteiger partial charge in [0.25, 0.3) is 5.69 Å². The lowest BCUT2D eigenvalue weighted by Gasteiger charge is -2.14. The van der Waals surface area contributed by atoms with Crippen molar-refractivity contribution >= 4 is 28.9 Å². The normalized spacial score (nSPS) is 11.7. The highest BCUT2D eigenvalue weighted by Gasteiger charge is 2.23. The Labute approximate surface area is 112 Å². The first-order valence-corrected chi connectivity index (χ1v) is 5.48. The second-order valence-electron chi connectivity index (χ2n) is 3.60. The summed E-state index contributed by atoms with van der Waals surface area (Å²) in [6.45, 7) is 3.38. The highest BCUT2D eigenvalue weighted by atomic mass is 35.5. The molecular weight excluding hydrogens is 279 g/mol. The molecule has 1 unspecified atom stereocenters. The van der Waals surface area contributed by atoms with Gasteiger partial charge in [-0.25, -0.2) is 9.18 Å². The largest absolute Gasteiger partial charge is 0.480 e. The lowest BCUT2D eigenvalue weighted by Crippen LogP contribution is -2.28. The van der Waals surface area contributed by atoms with E-state index < -0.39 is 33.5 Å². The summed E-state index contributed by atoms with van der Waals surface area (Å²) in [6.07, 6.45) is 1.36. The number of nitro groups is 1. The highest BCUT2D eigenvalue weighted by molar-refractivity contribution is 6.31. The first-order chi connectivity index (χ1) is 8.86. The molecule has 0 radical (unpaired) electrons. The van der Waals surface area contributed by atoms with Crippen LogP contribution in [0, 0.1) is 15.9 Å². The topological polar surface area (TPSA) is 92.5 Å². The van der Waals surface area contributed by atoms with E-state index in [4.69, 9.17) is 16.7 Å². The second kappa shape index (κ2) is 6.14. The molecule has 19 heavy (non-hydrogen) atoms. The summed E-state index contributed by atoms with van der Waals surface area (Å²) < 4.78 is 13.3. The number of nitrogens with zero attached hydrogens (tertiary/aromatic N) is 1. The molecule has 0 bridgehead atoms. The first-order valence-electron chi connectivity index (χ1n) is 5.10. The molecule has 0 spiro atoms. The summed E-state index contributed by atoms with van der Waals surface area (Å²) in [7, 11) is 0. The van der Waals surface area contributed by atoms with Crippen molar-refractivity contribution in [2.45, 2.75) is 12.5 Å². The van der Waals surface area contributed by atoms with Gasteiger partial charge in [0.05, 0.1) is 9.95 Å². The summed E-state index contributed by atoms with van der Waals surface area (Å²) in [5, 5.41) is 21.7. The molecule has 0 aliphatic carbocycles. The van der Waals surface area contributed by atoms with E-state index in [1.54, 1.807) is 0 Å². The maximum absolute atomic E-state index is 13.3. The quantitative estimate of drug-likeness (QED) is 0.477. The summed E-state index contributed by atoms with van der Waals surface area (Å²) in [5.41, 5.74) is -0.747. The van der Waals surface area contributed by atoms with Gasteiger partial charge in [-0.3, -0.25) is 10.1 Å². The molecule has 0 amide bonds. The second-order valence-corrected chi connectivity index (χ2v) is 4.01. The zero-order chi connectivity index (χ0) is 14.6. The van der Waals surface area contributed by atoms with Crippen LogP contribution in [0.15, 0.2) is 24.8 Å². The van der Waals surface area contributed by atoms with Crippen LogP contribution in [0.2, 0.25) is 5.02 Å². The summed E-state index contributed by atoms with van der Waals surface area (Å²) in [6, 6.07) is 0.475. The van der Waals surface area contributed by atoms with E-state index in [0.29, 0.717) is 0 Å². The maximum atomic E-state index is 13.3.